The summed E-state index contributed by atoms with van der Waals surface area (Å²) in [6.45, 7) is 6.10. The Morgan fingerprint density at radius 3 is 2.69 bits per heavy atom. The Morgan fingerprint density at radius 1 is 1.15 bits per heavy atom. The Hall–Kier alpha value is -2.69. The number of hydrogen-bond acceptors (Lipinski definition) is 3. The first-order chi connectivity index (χ1) is 12.6. The molecule has 5 nitrogen and oxygen atoms in total. The van der Waals surface area contributed by atoms with E-state index in [1.807, 2.05) is 6.07 Å². The topological polar surface area (TPSA) is 59.8 Å². The lowest BCUT2D eigenvalue weighted by Crippen LogP contribution is -2.25. The van der Waals surface area contributed by atoms with Crippen molar-refractivity contribution in [1.29, 1.82) is 0 Å². The van der Waals surface area contributed by atoms with E-state index in [-0.39, 0.29) is 5.91 Å². The van der Waals surface area contributed by atoms with Crippen molar-refractivity contribution in [2.45, 2.75) is 39.7 Å². The molecule has 5 heteroatoms. The van der Waals surface area contributed by atoms with Gasteiger partial charge in [0.25, 0.3) is 5.91 Å². The Balaban J connectivity index is 1.61. The highest BCUT2D eigenvalue weighted by Gasteiger charge is 2.11. The number of benzene rings is 1. The van der Waals surface area contributed by atoms with E-state index in [2.05, 4.69) is 46.9 Å². The summed E-state index contributed by atoms with van der Waals surface area (Å²) < 4.78 is 2.33. The minimum Gasteiger partial charge on any atom is -0.352 e. The zero-order chi connectivity index (χ0) is 18.4. The molecular formula is C21H26N4O. The number of aryl methyl sites for hydroxylation is 2. The number of amides is 1. The number of imidazole rings is 1. The normalized spacial score (nSPS) is 11.2. The van der Waals surface area contributed by atoms with E-state index in [0.29, 0.717) is 18.0 Å². The van der Waals surface area contributed by atoms with Crippen LogP contribution in [-0.2, 0) is 13.0 Å². The lowest BCUT2D eigenvalue weighted by atomic mass is 10.1. The molecule has 0 spiro atoms. The summed E-state index contributed by atoms with van der Waals surface area (Å²) in [4.78, 5) is 20.8. The van der Waals surface area contributed by atoms with Gasteiger partial charge in [0.15, 0.2) is 0 Å². The van der Waals surface area contributed by atoms with Crippen molar-refractivity contribution < 1.29 is 4.79 Å². The predicted octanol–water partition coefficient (Wildman–Crippen LogP) is 3.84. The molecule has 26 heavy (non-hydrogen) atoms. The van der Waals surface area contributed by atoms with Crippen LogP contribution in [0.4, 0.5) is 0 Å². The summed E-state index contributed by atoms with van der Waals surface area (Å²) in [5.41, 5.74) is 2.89. The molecule has 0 bridgehead atoms. The average molecular weight is 350 g/mol. The van der Waals surface area contributed by atoms with Crippen LogP contribution in [0.5, 0.6) is 0 Å². The van der Waals surface area contributed by atoms with Crippen molar-refractivity contribution in [1.82, 2.24) is 19.9 Å². The van der Waals surface area contributed by atoms with E-state index in [1.165, 1.54) is 5.52 Å². The number of aromatic nitrogens is 3. The molecule has 0 aliphatic heterocycles. The van der Waals surface area contributed by atoms with E-state index in [1.54, 1.807) is 24.5 Å². The number of pyridine rings is 1. The first-order valence-corrected chi connectivity index (χ1v) is 9.27. The highest BCUT2D eigenvalue weighted by atomic mass is 16.1. The van der Waals surface area contributed by atoms with Gasteiger partial charge in [-0.3, -0.25) is 9.78 Å². The number of carbonyl (C=O) groups excluding carboxylic acids is 1. The first kappa shape index (κ1) is 18.1. The maximum absolute atomic E-state index is 12.1. The Morgan fingerprint density at radius 2 is 1.92 bits per heavy atom. The van der Waals surface area contributed by atoms with Crippen molar-refractivity contribution in [3.63, 3.8) is 0 Å². The number of rotatable bonds is 8. The molecule has 136 valence electrons. The fourth-order valence-electron chi connectivity index (χ4n) is 3.01. The van der Waals surface area contributed by atoms with Crippen molar-refractivity contribution in [2.75, 3.05) is 6.54 Å². The van der Waals surface area contributed by atoms with Crippen molar-refractivity contribution in [3.05, 3.63) is 60.2 Å². The van der Waals surface area contributed by atoms with Crippen LogP contribution < -0.4 is 5.32 Å². The lowest BCUT2D eigenvalue weighted by Gasteiger charge is -2.11. The van der Waals surface area contributed by atoms with Gasteiger partial charge in [0.05, 0.1) is 11.0 Å². The molecule has 0 aliphatic carbocycles. The molecule has 0 unspecified atom stereocenters. The SMILES string of the molecule is CC(C)CCn1c(CCCNC(=O)c2ccncc2)nc2ccccc21. The summed E-state index contributed by atoms with van der Waals surface area (Å²) in [6, 6.07) is 11.7. The number of hydrogen-bond donors (Lipinski definition) is 1. The predicted molar refractivity (Wildman–Crippen MR) is 104 cm³/mol. The number of carbonyl (C=O) groups is 1. The molecule has 2 aromatic heterocycles. The number of nitrogens with one attached hydrogen (secondary N) is 1. The largest absolute Gasteiger partial charge is 0.352 e. The molecule has 2 heterocycles. The van der Waals surface area contributed by atoms with Gasteiger partial charge in [0.1, 0.15) is 5.82 Å². The third kappa shape index (κ3) is 4.48. The highest BCUT2D eigenvalue weighted by Crippen LogP contribution is 2.18. The summed E-state index contributed by atoms with van der Waals surface area (Å²) in [7, 11) is 0. The highest BCUT2D eigenvalue weighted by molar-refractivity contribution is 5.93. The Labute approximate surface area is 154 Å². The molecule has 0 saturated heterocycles. The summed E-state index contributed by atoms with van der Waals surface area (Å²) in [6.07, 6.45) is 6.11. The van der Waals surface area contributed by atoms with Crippen LogP contribution in [0, 0.1) is 5.92 Å². The van der Waals surface area contributed by atoms with E-state index in [4.69, 9.17) is 4.98 Å². The van der Waals surface area contributed by atoms with E-state index in [0.717, 1.165) is 37.1 Å². The third-order valence-corrected chi connectivity index (χ3v) is 4.47. The fourth-order valence-corrected chi connectivity index (χ4v) is 3.01. The summed E-state index contributed by atoms with van der Waals surface area (Å²) in [5.74, 6) is 1.70. The van der Waals surface area contributed by atoms with Gasteiger partial charge in [-0.2, -0.15) is 0 Å². The molecule has 1 N–H and O–H groups in total. The van der Waals surface area contributed by atoms with E-state index >= 15 is 0 Å². The van der Waals surface area contributed by atoms with Crippen molar-refractivity contribution in [3.8, 4) is 0 Å². The first-order valence-electron chi connectivity index (χ1n) is 9.27. The average Bonchev–Trinajstić information content (AvgIpc) is 3.01. The second-order valence-electron chi connectivity index (χ2n) is 6.95. The lowest BCUT2D eigenvalue weighted by molar-refractivity contribution is 0.0953. The van der Waals surface area contributed by atoms with Crippen LogP contribution in [0.2, 0.25) is 0 Å². The van der Waals surface area contributed by atoms with Gasteiger partial charge in [-0.25, -0.2) is 4.98 Å². The smallest absolute Gasteiger partial charge is 0.251 e. The third-order valence-electron chi connectivity index (χ3n) is 4.47. The summed E-state index contributed by atoms with van der Waals surface area (Å²) in [5, 5.41) is 2.97. The molecule has 0 fully saturated rings. The fraction of sp³-hybridized carbons (Fsp3) is 0.381. The quantitative estimate of drug-likeness (QED) is 0.628. The Kier molecular flexibility index (Phi) is 6.00. The van der Waals surface area contributed by atoms with Crippen LogP contribution in [0.3, 0.4) is 0 Å². The minimum absolute atomic E-state index is 0.0549. The van der Waals surface area contributed by atoms with Gasteiger partial charge in [-0.05, 0) is 43.0 Å². The van der Waals surface area contributed by atoms with Crippen LogP contribution in [0.25, 0.3) is 11.0 Å². The van der Waals surface area contributed by atoms with Gasteiger partial charge in [0, 0.05) is 37.5 Å². The van der Waals surface area contributed by atoms with E-state index < -0.39 is 0 Å². The van der Waals surface area contributed by atoms with E-state index in [9.17, 15) is 4.79 Å². The maximum Gasteiger partial charge on any atom is 0.251 e. The van der Waals surface area contributed by atoms with Gasteiger partial charge >= 0.3 is 0 Å². The molecule has 0 saturated carbocycles. The molecule has 1 amide bonds. The molecule has 3 rings (SSSR count). The minimum atomic E-state index is -0.0549. The Bertz CT molecular complexity index is 855. The number of fused-ring (bicyclic) bond motifs is 1. The molecule has 0 atom stereocenters. The zero-order valence-electron chi connectivity index (χ0n) is 15.5. The maximum atomic E-state index is 12.1. The van der Waals surface area contributed by atoms with Gasteiger partial charge < -0.3 is 9.88 Å². The molecule has 0 aliphatic rings. The molecule has 1 aromatic carbocycles. The number of nitrogens with zero attached hydrogens (tertiary/aromatic N) is 3. The van der Waals surface area contributed by atoms with Gasteiger partial charge in [-0.1, -0.05) is 26.0 Å². The van der Waals surface area contributed by atoms with Crippen molar-refractivity contribution >= 4 is 16.9 Å². The van der Waals surface area contributed by atoms with Gasteiger partial charge in [0.2, 0.25) is 0 Å². The van der Waals surface area contributed by atoms with Crippen molar-refractivity contribution in [2.24, 2.45) is 5.92 Å². The second-order valence-corrected chi connectivity index (χ2v) is 6.95. The summed E-state index contributed by atoms with van der Waals surface area (Å²) >= 11 is 0. The standard InChI is InChI=1S/C21H26N4O/c1-16(2)11-15-25-19-7-4-3-6-18(19)24-20(25)8-5-12-23-21(26)17-9-13-22-14-10-17/h3-4,6-7,9-10,13-14,16H,5,8,11-12,15H2,1-2H3,(H,23,26). The van der Waals surface area contributed by atoms with Crippen LogP contribution in [0.1, 0.15) is 42.9 Å². The van der Waals surface area contributed by atoms with Crippen LogP contribution >= 0.6 is 0 Å². The van der Waals surface area contributed by atoms with Crippen LogP contribution in [-0.4, -0.2) is 27.0 Å². The number of para-hydroxylation sites is 2. The molecule has 3 aromatic rings. The zero-order valence-corrected chi connectivity index (χ0v) is 15.5. The monoisotopic (exact) mass is 350 g/mol. The molecule has 0 radical (unpaired) electrons. The second kappa shape index (κ2) is 8.61. The molecular weight excluding hydrogens is 324 g/mol. The van der Waals surface area contributed by atoms with Crippen LogP contribution in [0.15, 0.2) is 48.8 Å². The van der Waals surface area contributed by atoms with Gasteiger partial charge in [-0.15, -0.1) is 0 Å².